The molecular weight excluding hydrogens is 212 g/mol. The topological polar surface area (TPSA) is 86.3 Å². The molecule has 0 aromatic carbocycles. The molecule has 0 aromatic rings. The average Bonchev–Trinajstić information content (AvgIpc) is 2.15. The van der Waals surface area contributed by atoms with Gasteiger partial charge in [-0.2, -0.15) is 0 Å². The lowest BCUT2D eigenvalue weighted by molar-refractivity contribution is -0.666. The van der Waals surface area contributed by atoms with Crippen LogP contribution in [-0.4, -0.2) is 48.2 Å². The zero-order chi connectivity index (χ0) is 12.3. The lowest BCUT2D eigenvalue weighted by Gasteiger charge is -2.35. The molecule has 0 radical (unpaired) electrons. The Hall–Kier alpha value is -1.30. The van der Waals surface area contributed by atoms with Gasteiger partial charge in [0.25, 0.3) is 0 Å². The Morgan fingerprint density at radius 1 is 1.44 bits per heavy atom. The van der Waals surface area contributed by atoms with E-state index >= 15 is 0 Å². The van der Waals surface area contributed by atoms with Gasteiger partial charge in [-0.25, -0.2) is 4.79 Å². The van der Waals surface area contributed by atoms with Gasteiger partial charge in [0.15, 0.2) is 0 Å². The molecule has 6 nitrogen and oxygen atoms in total. The number of hydrogen-bond acceptors (Lipinski definition) is 4. The van der Waals surface area contributed by atoms with Crippen LogP contribution in [0.5, 0.6) is 0 Å². The number of rotatable bonds is 1. The third kappa shape index (κ3) is 3.37. The minimum Gasteiger partial charge on any atom is -0.548 e. The number of piperazine rings is 1. The largest absolute Gasteiger partial charge is 0.548 e. The number of quaternary nitrogens is 1. The van der Waals surface area contributed by atoms with Crippen molar-refractivity contribution in [3.05, 3.63) is 0 Å². The van der Waals surface area contributed by atoms with Gasteiger partial charge in [0.2, 0.25) is 0 Å². The summed E-state index contributed by atoms with van der Waals surface area (Å²) in [6.45, 7) is 6.61. The van der Waals surface area contributed by atoms with E-state index in [0.717, 1.165) is 0 Å². The third-order valence-electron chi connectivity index (χ3n) is 2.24. The fraction of sp³-hybridized carbons (Fsp3) is 0.800. The first-order valence-corrected chi connectivity index (χ1v) is 5.33. The molecule has 1 aliphatic heterocycles. The maximum Gasteiger partial charge on any atom is 0.411 e. The highest BCUT2D eigenvalue weighted by Gasteiger charge is 2.32. The molecule has 1 rings (SSSR count). The number of carboxylic acids is 1. The highest BCUT2D eigenvalue weighted by molar-refractivity contribution is 5.79. The Morgan fingerprint density at radius 3 is 2.56 bits per heavy atom. The van der Waals surface area contributed by atoms with E-state index < -0.39 is 23.7 Å². The SMILES string of the molecule is CC(C)(C)OC(=O)N1CC[NH2+]C[C@H]1C(=O)[O-]. The van der Waals surface area contributed by atoms with E-state index in [-0.39, 0.29) is 0 Å². The van der Waals surface area contributed by atoms with Crippen molar-refractivity contribution in [1.29, 1.82) is 0 Å². The van der Waals surface area contributed by atoms with Crippen LogP contribution in [-0.2, 0) is 9.53 Å². The first-order valence-electron chi connectivity index (χ1n) is 5.33. The quantitative estimate of drug-likeness (QED) is 0.560. The van der Waals surface area contributed by atoms with Crippen LogP contribution in [0, 0.1) is 0 Å². The molecule has 0 spiro atoms. The number of nitrogens with zero attached hydrogens (tertiary/aromatic N) is 1. The Kier molecular flexibility index (Phi) is 3.74. The lowest BCUT2D eigenvalue weighted by atomic mass is 10.2. The lowest BCUT2D eigenvalue weighted by Crippen LogP contribution is -2.93. The molecule has 16 heavy (non-hydrogen) atoms. The minimum absolute atomic E-state index is 0.321. The number of hydrogen-bond donors (Lipinski definition) is 1. The Bertz CT molecular complexity index is 285. The Morgan fingerprint density at radius 2 is 2.06 bits per heavy atom. The predicted molar refractivity (Wildman–Crippen MR) is 53.4 cm³/mol. The molecular formula is C10H18N2O4. The highest BCUT2D eigenvalue weighted by Crippen LogP contribution is 2.11. The van der Waals surface area contributed by atoms with E-state index in [4.69, 9.17) is 4.74 Å². The maximum absolute atomic E-state index is 11.7. The van der Waals surface area contributed by atoms with Crippen LogP contribution in [0.2, 0.25) is 0 Å². The van der Waals surface area contributed by atoms with Crippen molar-refractivity contribution < 1.29 is 24.7 Å². The first-order chi connectivity index (χ1) is 7.31. The zero-order valence-corrected chi connectivity index (χ0v) is 9.86. The Labute approximate surface area is 94.6 Å². The smallest absolute Gasteiger partial charge is 0.411 e. The fourth-order valence-corrected chi connectivity index (χ4v) is 1.55. The van der Waals surface area contributed by atoms with Crippen molar-refractivity contribution in [3.8, 4) is 0 Å². The molecule has 0 bridgehead atoms. The molecule has 0 aromatic heterocycles. The number of nitrogens with two attached hydrogens (primary N) is 1. The van der Waals surface area contributed by atoms with Crippen molar-refractivity contribution in [3.63, 3.8) is 0 Å². The molecule has 1 atom stereocenters. The van der Waals surface area contributed by atoms with Crippen molar-refractivity contribution in [1.82, 2.24) is 4.90 Å². The Balaban J connectivity index is 2.68. The van der Waals surface area contributed by atoms with Gasteiger partial charge in [-0.1, -0.05) is 0 Å². The number of carbonyl (C=O) groups is 2. The van der Waals surface area contributed by atoms with Crippen LogP contribution < -0.4 is 10.4 Å². The van der Waals surface area contributed by atoms with Gasteiger partial charge >= 0.3 is 6.09 Å². The second kappa shape index (κ2) is 4.69. The van der Waals surface area contributed by atoms with Crippen molar-refractivity contribution in [2.45, 2.75) is 32.4 Å². The van der Waals surface area contributed by atoms with E-state index in [0.29, 0.717) is 19.6 Å². The summed E-state index contributed by atoms with van der Waals surface area (Å²) >= 11 is 0. The second-order valence-electron chi connectivity index (χ2n) is 4.82. The van der Waals surface area contributed by atoms with E-state index in [2.05, 4.69) is 0 Å². The van der Waals surface area contributed by atoms with E-state index in [9.17, 15) is 14.7 Å². The molecule has 6 heteroatoms. The minimum atomic E-state index is -1.23. The van der Waals surface area contributed by atoms with Gasteiger partial charge in [0, 0.05) is 0 Å². The van der Waals surface area contributed by atoms with Crippen molar-refractivity contribution in [2.24, 2.45) is 0 Å². The summed E-state index contributed by atoms with van der Waals surface area (Å²) in [5.41, 5.74) is -0.616. The summed E-state index contributed by atoms with van der Waals surface area (Å²) in [7, 11) is 0. The summed E-state index contributed by atoms with van der Waals surface area (Å²) < 4.78 is 5.14. The monoisotopic (exact) mass is 230 g/mol. The summed E-state index contributed by atoms with van der Waals surface area (Å²) in [5.74, 6) is -1.23. The molecule has 1 saturated heterocycles. The summed E-state index contributed by atoms with van der Waals surface area (Å²) in [6, 6.07) is -0.899. The zero-order valence-electron chi connectivity index (χ0n) is 9.86. The molecule has 1 aliphatic rings. The molecule has 1 fully saturated rings. The van der Waals surface area contributed by atoms with Crippen molar-refractivity contribution >= 4 is 12.1 Å². The molecule has 1 heterocycles. The third-order valence-corrected chi connectivity index (χ3v) is 2.24. The molecule has 2 N–H and O–H groups in total. The number of aliphatic carboxylic acids is 1. The standard InChI is InChI=1S/C10H18N2O4/c1-10(2,3)16-9(15)12-5-4-11-6-7(12)8(13)14/h7,11H,4-6H2,1-3H3,(H,13,14)/t7-/m0/s1. The van der Waals surface area contributed by atoms with Gasteiger partial charge < -0.3 is 20.0 Å². The van der Waals surface area contributed by atoms with Crippen LogP contribution in [0.3, 0.4) is 0 Å². The average molecular weight is 230 g/mol. The highest BCUT2D eigenvalue weighted by atomic mass is 16.6. The van der Waals surface area contributed by atoms with Crippen molar-refractivity contribution in [2.75, 3.05) is 19.6 Å². The number of carboxylic acid groups (broad SMARTS) is 1. The van der Waals surface area contributed by atoms with Crippen LogP contribution in [0.25, 0.3) is 0 Å². The van der Waals surface area contributed by atoms with Crippen LogP contribution in [0.4, 0.5) is 4.79 Å². The van der Waals surface area contributed by atoms with Crippen LogP contribution >= 0.6 is 0 Å². The molecule has 0 aliphatic carbocycles. The van der Waals surface area contributed by atoms with Crippen LogP contribution in [0.15, 0.2) is 0 Å². The summed E-state index contributed by atoms with van der Waals surface area (Å²) in [4.78, 5) is 23.8. The maximum atomic E-state index is 11.7. The predicted octanol–water partition coefficient (Wildman–Crippen LogP) is -2.08. The van der Waals surface area contributed by atoms with E-state index in [1.807, 2.05) is 5.32 Å². The number of amides is 1. The number of ether oxygens (including phenoxy) is 1. The fourth-order valence-electron chi connectivity index (χ4n) is 1.55. The second-order valence-corrected chi connectivity index (χ2v) is 4.82. The first kappa shape index (κ1) is 12.8. The normalized spacial score (nSPS) is 21.7. The van der Waals surface area contributed by atoms with Gasteiger partial charge in [-0.15, -0.1) is 0 Å². The molecule has 92 valence electrons. The number of carbonyl (C=O) groups excluding carboxylic acids is 2. The van der Waals surface area contributed by atoms with Gasteiger partial charge in [-0.05, 0) is 20.8 Å². The van der Waals surface area contributed by atoms with E-state index in [1.54, 1.807) is 20.8 Å². The summed E-state index contributed by atoms with van der Waals surface area (Å²) in [5, 5.41) is 12.7. The van der Waals surface area contributed by atoms with Gasteiger partial charge in [0.1, 0.15) is 18.2 Å². The molecule has 0 saturated carbocycles. The van der Waals surface area contributed by atoms with Gasteiger partial charge in [0.05, 0.1) is 19.1 Å². The molecule has 0 unspecified atom stereocenters. The summed E-state index contributed by atoms with van der Waals surface area (Å²) in [6.07, 6.45) is -0.588. The van der Waals surface area contributed by atoms with E-state index in [1.165, 1.54) is 4.90 Å². The van der Waals surface area contributed by atoms with Crippen LogP contribution in [0.1, 0.15) is 20.8 Å². The van der Waals surface area contributed by atoms with Gasteiger partial charge in [-0.3, -0.25) is 4.90 Å². The molecule has 1 amide bonds.